The van der Waals surface area contributed by atoms with Crippen molar-refractivity contribution >= 4 is 23.2 Å². The number of aromatic nitrogens is 2. The minimum atomic E-state index is -0.323. The zero-order valence-corrected chi connectivity index (χ0v) is 17.3. The summed E-state index contributed by atoms with van der Waals surface area (Å²) >= 11 is 6.29. The standard InChI is InChI=1S/C23H23ClN4O2/c24-22-20(14-26-28(23(22)30)16-18-5-2-1-3-6-18)25-13-17-8-10-19(11-9-17)15-27-12-4-7-21(27)29/h1-3,5-6,8-11,14,25H,4,7,12-13,15-16H2. The SMILES string of the molecule is O=C1CCCN1Cc1ccc(CNc2cnn(Cc3ccccc3)c(=O)c2Cl)cc1. The van der Waals surface area contributed by atoms with Crippen LogP contribution in [-0.2, 0) is 24.4 Å². The van der Waals surface area contributed by atoms with Crippen LogP contribution in [0.15, 0.2) is 65.6 Å². The first-order chi connectivity index (χ1) is 14.6. The number of carbonyl (C=O) groups is 1. The van der Waals surface area contributed by atoms with Gasteiger partial charge in [-0.15, -0.1) is 0 Å². The Kier molecular flexibility index (Phi) is 6.14. The van der Waals surface area contributed by atoms with E-state index in [9.17, 15) is 9.59 Å². The van der Waals surface area contributed by atoms with E-state index in [1.54, 1.807) is 6.20 Å². The van der Waals surface area contributed by atoms with E-state index in [0.717, 1.165) is 29.7 Å². The monoisotopic (exact) mass is 422 g/mol. The zero-order valence-electron chi connectivity index (χ0n) is 16.6. The molecule has 3 aromatic rings. The van der Waals surface area contributed by atoms with Gasteiger partial charge in [-0.3, -0.25) is 9.59 Å². The molecule has 7 heteroatoms. The fourth-order valence-electron chi connectivity index (χ4n) is 3.51. The number of rotatable bonds is 7. The predicted octanol–water partition coefficient (Wildman–Crippen LogP) is 3.68. The van der Waals surface area contributed by atoms with Crippen molar-refractivity contribution in [3.63, 3.8) is 0 Å². The zero-order chi connectivity index (χ0) is 20.9. The van der Waals surface area contributed by atoms with Gasteiger partial charge in [-0.1, -0.05) is 66.2 Å². The molecular formula is C23H23ClN4O2. The van der Waals surface area contributed by atoms with Crippen LogP contribution in [0.2, 0.25) is 5.02 Å². The molecule has 2 aromatic carbocycles. The van der Waals surface area contributed by atoms with Crippen LogP contribution in [0.25, 0.3) is 0 Å². The average Bonchev–Trinajstić information content (AvgIpc) is 3.17. The van der Waals surface area contributed by atoms with Gasteiger partial charge in [-0.2, -0.15) is 5.10 Å². The molecule has 0 atom stereocenters. The van der Waals surface area contributed by atoms with Crippen molar-refractivity contribution in [1.82, 2.24) is 14.7 Å². The number of hydrogen-bond acceptors (Lipinski definition) is 4. The summed E-state index contributed by atoms with van der Waals surface area (Å²) in [5.74, 6) is 0.227. The molecule has 0 bridgehead atoms. The van der Waals surface area contributed by atoms with Gasteiger partial charge in [0.25, 0.3) is 5.56 Å². The second-order valence-corrected chi connectivity index (χ2v) is 7.79. The smallest absolute Gasteiger partial charge is 0.287 e. The number of hydrogen-bond donors (Lipinski definition) is 1. The molecule has 0 spiro atoms. The fourth-order valence-corrected chi connectivity index (χ4v) is 3.72. The Morgan fingerprint density at radius 3 is 2.33 bits per heavy atom. The van der Waals surface area contributed by atoms with E-state index in [0.29, 0.717) is 31.7 Å². The second kappa shape index (κ2) is 9.13. The van der Waals surface area contributed by atoms with Crippen LogP contribution in [0.4, 0.5) is 5.69 Å². The third-order valence-electron chi connectivity index (χ3n) is 5.21. The highest BCUT2D eigenvalue weighted by Gasteiger charge is 2.19. The van der Waals surface area contributed by atoms with Gasteiger partial charge in [0, 0.05) is 26.1 Å². The van der Waals surface area contributed by atoms with Crippen molar-refractivity contribution < 1.29 is 4.79 Å². The normalized spacial score (nSPS) is 13.6. The molecule has 1 saturated heterocycles. The summed E-state index contributed by atoms with van der Waals surface area (Å²) in [6.45, 7) is 2.39. The Balaban J connectivity index is 1.38. The highest BCUT2D eigenvalue weighted by molar-refractivity contribution is 6.32. The molecule has 1 fully saturated rings. The van der Waals surface area contributed by atoms with E-state index in [4.69, 9.17) is 11.6 Å². The molecule has 1 N–H and O–H groups in total. The number of anilines is 1. The number of nitrogens with zero attached hydrogens (tertiary/aromatic N) is 3. The maximum atomic E-state index is 12.5. The van der Waals surface area contributed by atoms with Crippen LogP contribution in [0.3, 0.4) is 0 Å². The van der Waals surface area contributed by atoms with Crippen LogP contribution in [-0.4, -0.2) is 27.1 Å². The Morgan fingerprint density at radius 2 is 1.63 bits per heavy atom. The van der Waals surface area contributed by atoms with Gasteiger partial charge < -0.3 is 10.2 Å². The van der Waals surface area contributed by atoms with Gasteiger partial charge in [0.2, 0.25) is 5.91 Å². The predicted molar refractivity (Wildman–Crippen MR) is 117 cm³/mol. The lowest BCUT2D eigenvalue weighted by molar-refractivity contribution is -0.128. The first-order valence-electron chi connectivity index (χ1n) is 9.99. The molecule has 154 valence electrons. The van der Waals surface area contributed by atoms with Gasteiger partial charge >= 0.3 is 0 Å². The van der Waals surface area contributed by atoms with Crippen molar-refractivity contribution in [3.8, 4) is 0 Å². The number of carbonyl (C=O) groups excluding carboxylic acids is 1. The van der Waals surface area contributed by atoms with Crippen molar-refractivity contribution in [2.24, 2.45) is 0 Å². The van der Waals surface area contributed by atoms with Gasteiger partial charge in [-0.05, 0) is 23.1 Å². The molecule has 0 unspecified atom stereocenters. The third kappa shape index (κ3) is 4.71. The Morgan fingerprint density at radius 1 is 0.933 bits per heavy atom. The lowest BCUT2D eigenvalue weighted by Crippen LogP contribution is -2.24. The molecule has 4 rings (SSSR count). The van der Waals surface area contributed by atoms with Crippen molar-refractivity contribution in [1.29, 1.82) is 0 Å². The first kappa shape index (κ1) is 20.2. The Hall–Kier alpha value is -3.12. The van der Waals surface area contributed by atoms with E-state index < -0.39 is 0 Å². The summed E-state index contributed by atoms with van der Waals surface area (Å²) in [5, 5.41) is 7.56. The summed E-state index contributed by atoms with van der Waals surface area (Å²) in [5.41, 5.74) is 3.33. The molecule has 0 radical (unpaired) electrons. The van der Waals surface area contributed by atoms with Gasteiger partial charge in [0.05, 0.1) is 18.4 Å². The highest BCUT2D eigenvalue weighted by atomic mass is 35.5. The van der Waals surface area contributed by atoms with E-state index in [-0.39, 0.29) is 16.5 Å². The van der Waals surface area contributed by atoms with Gasteiger partial charge in [-0.25, -0.2) is 4.68 Å². The maximum absolute atomic E-state index is 12.5. The minimum Gasteiger partial charge on any atom is -0.378 e. The molecule has 1 aliphatic rings. The minimum absolute atomic E-state index is 0.130. The summed E-state index contributed by atoms with van der Waals surface area (Å²) < 4.78 is 1.36. The largest absolute Gasteiger partial charge is 0.378 e. The molecule has 1 aromatic heterocycles. The lowest BCUT2D eigenvalue weighted by atomic mass is 10.1. The molecule has 2 heterocycles. The fraction of sp³-hybridized carbons (Fsp3) is 0.261. The summed E-state index contributed by atoms with van der Waals surface area (Å²) in [6, 6.07) is 17.7. The molecule has 30 heavy (non-hydrogen) atoms. The average molecular weight is 423 g/mol. The van der Waals surface area contributed by atoms with Crippen LogP contribution in [0.1, 0.15) is 29.5 Å². The van der Waals surface area contributed by atoms with E-state index >= 15 is 0 Å². The van der Waals surface area contributed by atoms with Crippen LogP contribution >= 0.6 is 11.6 Å². The molecule has 0 aliphatic carbocycles. The quantitative estimate of drug-likeness (QED) is 0.630. The molecule has 1 amide bonds. The van der Waals surface area contributed by atoms with Crippen LogP contribution in [0, 0.1) is 0 Å². The summed E-state index contributed by atoms with van der Waals surface area (Å²) in [6.07, 6.45) is 3.18. The first-order valence-corrected chi connectivity index (χ1v) is 10.4. The summed E-state index contributed by atoms with van der Waals surface area (Å²) in [7, 11) is 0. The van der Waals surface area contributed by atoms with Gasteiger partial charge in [0.15, 0.2) is 0 Å². The van der Waals surface area contributed by atoms with Crippen molar-refractivity contribution in [2.45, 2.75) is 32.5 Å². The van der Waals surface area contributed by atoms with Crippen molar-refractivity contribution in [2.75, 3.05) is 11.9 Å². The molecule has 0 saturated carbocycles. The van der Waals surface area contributed by atoms with Crippen molar-refractivity contribution in [3.05, 3.63) is 92.9 Å². The lowest BCUT2D eigenvalue weighted by Gasteiger charge is -2.16. The maximum Gasteiger partial charge on any atom is 0.287 e. The number of amides is 1. The van der Waals surface area contributed by atoms with Gasteiger partial charge in [0.1, 0.15) is 5.02 Å². The summed E-state index contributed by atoms with van der Waals surface area (Å²) in [4.78, 5) is 26.2. The molecular weight excluding hydrogens is 400 g/mol. The van der Waals surface area contributed by atoms with E-state index in [1.807, 2.05) is 59.5 Å². The Bertz CT molecular complexity index is 1080. The number of halogens is 1. The topological polar surface area (TPSA) is 67.2 Å². The van der Waals surface area contributed by atoms with Crippen LogP contribution < -0.4 is 10.9 Å². The number of nitrogens with one attached hydrogen (secondary N) is 1. The number of benzene rings is 2. The number of likely N-dealkylation sites (tertiary alicyclic amines) is 1. The van der Waals surface area contributed by atoms with Crippen LogP contribution in [0.5, 0.6) is 0 Å². The second-order valence-electron chi connectivity index (χ2n) is 7.41. The third-order valence-corrected chi connectivity index (χ3v) is 5.58. The highest BCUT2D eigenvalue weighted by Crippen LogP contribution is 2.18. The van der Waals surface area contributed by atoms with E-state index in [2.05, 4.69) is 10.4 Å². The molecule has 1 aliphatic heterocycles. The van der Waals surface area contributed by atoms with E-state index in [1.165, 1.54) is 4.68 Å². The Labute approximate surface area is 180 Å². The molecule has 6 nitrogen and oxygen atoms in total.